The summed E-state index contributed by atoms with van der Waals surface area (Å²) in [5.41, 5.74) is 2.45. The number of piperazine rings is 1. The summed E-state index contributed by atoms with van der Waals surface area (Å²) < 4.78 is 14.4. The van der Waals surface area contributed by atoms with Gasteiger partial charge < -0.3 is 10.2 Å². The standard InChI is InChI=1S/C16H22BrFN2/c1-12-9-13(17)14(18)10-15(12)20-8-7-19-16(11-20)5-3-2-4-6-16/h9-10,19H,2-8,11H2,1H3. The van der Waals surface area contributed by atoms with Gasteiger partial charge in [-0.2, -0.15) is 0 Å². The molecule has 1 aliphatic carbocycles. The van der Waals surface area contributed by atoms with Crippen LogP contribution in [0.4, 0.5) is 10.1 Å². The lowest BCUT2D eigenvalue weighted by Gasteiger charge is -2.47. The van der Waals surface area contributed by atoms with Crippen LogP contribution >= 0.6 is 15.9 Å². The van der Waals surface area contributed by atoms with Crippen molar-refractivity contribution in [3.63, 3.8) is 0 Å². The Bertz CT molecular complexity index is 492. The van der Waals surface area contributed by atoms with E-state index in [-0.39, 0.29) is 11.4 Å². The molecule has 0 amide bonds. The van der Waals surface area contributed by atoms with Crippen molar-refractivity contribution in [3.05, 3.63) is 28.0 Å². The maximum atomic E-state index is 13.9. The number of rotatable bonds is 1. The van der Waals surface area contributed by atoms with Gasteiger partial charge in [0, 0.05) is 30.9 Å². The highest BCUT2D eigenvalue weighted by Gasteiger charge is 2.36. The van der Waals surface area contributed by atoms with Crippen LogP contribution in [0.25, 0.3) is 0 Å². The largest absolute Gasteiger partial charge is 0.368 e. The molecule has 1 aromatic rings. The zero-order valence-corrected chi connectivity index (χ0v) is 13.6. The number of benzene rings is 1. The summed E-state index contributed by atoms with van der Waals surface area (Å²) in [5, 5.41) is 3.73. The molecule has 2 fully saturated rings. The molecule has 1 spiro atoms. The molecule has 20 heavy (non-hydrogen) atoms. The first-order chi connectivity index (χ1) is 9.60. The van der Waals surface area contributed by atoms with E-state index in [0.29, 0.717) is 4.47 Å². The second kappa shape index (κ2) is 5.64. The highest BCUT2D eigenvalue weighted by molar-refractivity contribution is 9.10. The summed E-state index contributed by atoms with van der Waals surface area (Å²) in [6.45, 7) is 5.03. The number of hydrogen-bond acceptors (Lipinski definition) is 2. The average molecular weight is 341 g/mol. The van der Waals surface area contributed by atoms with Gasteiger partial charge >= 0.3 is 0 Å². The van der Waals surface area contributed by atoms with Gasteiger partial charge in [-0.3, -0.25) is 0 Å². The smallest absolute Gasteiger partial charge is 0.139 e. The third-order valence-corrected chi connectivity index (χ3v) is 5.37. The van der Waals surface area contributed by atoms with E-state index in [2.05, 4.69) is 33.1 Å². The topological polar surface area (TPSA) is 15.3 Å². The second-order valence-corrected chi connectivity index (χ2v) is 7.10. The zero-order chi connectivity index (χ0) is 14.2. The fourth-order valence-electron chi connectivity index (χ4n) is 3.70. The van der Waals surface area contributed by atoms with Crippen molar-refractivity contribution in [2.24, 2.45) is 0 Å². The minimum absolute atomic E-state index is 0.165. The molecule has 110 valence electrons. The van der Waals surface area contributed by atoms with Crippen LogP contribution in [-0.4, -0.2) is 25.2 Å². The van der Waals surface area contributed by atoms with Crippen molar-refractivity contribution in [2.75, 3.05) is 24.5 Å². The molecule has 1 saturated heterocycles. The van der Waals surface area contributed by atoms with Crippen LogP contribution in [0.5, 0.6) is 0 Å². The average Bonchev–Trinajstić information content (AvgIpc) is 2.44. The number of halogens is 2. The van der Waals surface area contributed by atoms with Crippen molar-refractivity contribution in [1.29, 1.82) is 0 Å². The Morgan fingerprint density at radius 3 is 2.75 bits per heavy atom. The number of hydrogen-bond donors (Lipinski definition) is 1. The third kappa shape index (κ3) is 2.73. The Morgan fingerprint density at radius 1 is 1.25 bits per heavy atom. The second-order valence-electron chi connectivity index (χ2n) is 6.24. The van der Waals surface area contributed by atoms with Gasteiger partial charge in [0.05, 0.1) is 4.47 Å². The molecule has 0 radical (unpaired) electrons. The summed E-state index contributed by atoms with van der Waals surface area (Å²) >= 11 is 3.27. The normalized spacial score (nSPS) is 22.2. The monoisotopic (exact) mass is 340 g/mol. The van der Waals surface area contributed by atoms with Gasteiger partial charge in [0.25, 0.3) is 0 Å². The quantitative estimate of drug-likeness (QED) is 0.830. The van der Waals surface area contributed by atoms with Crippen LogP contribution in [0.15, 0.2) is 16.6 Å². The minimum atomic E-state index is -0.165. The number of anilines is 1. The Hall–Kier alpha value is -0.610. The van der Waals surface area contributed by atoms with Gasteiger partial charge in [0.2, 0.25) is 0 Å². The molecular formula is C16H22BrFN2. The van der Waals surface area contributed by atoms with Gasteiger partial charge in [-0.15, -0.1) is 0 Å². The molecule has 3 rings (SSSR count). The molecule has 4 heteroatoms. The van der Waals surface area contributed by atoms with Crippen LogP contribution in [-0.2, 0) is 0 Å². The SMILES string of the molecule is Cc1cc(Br)c(F)cc1N1CCNC2(CCCCC2)C1. The molecule has 1 N–H and O–H groups in total. The molecule has 0 unspecified atom stereocenters. The van der Waals surface area contributed by atoms with E-state index in [1.54, 1.807) is 6.07 Å². The Balaban J connectivity index is 1.85. The highest BCUT2D eigenvalue weighted by Crippen LogP contribution is 2.34. The van der Waals surface area contributed by atoms with Gasteiger partial charge in [-0.05, 0) is 53.4 Å². The molecular weight excluding hydrogens is 319 g/mol. The zero-order valence-electron chi connectivity index (χ0n) is 12.0. The molecule has 1 aromatic carbocycles. The number of nitrogens with one attached hydrogen (secondary N) is 1. The van der Waals surface area contributed by atoms with Crippen molar-refractivity contribution in [3.8, 4) is 0 Å². The van der Waals surface area contributed by atoms with Gasteiger partial charge in [0.15, 0.2) is 0 Å². The molecule has 1 saturated carbocycles. The van der Waals surface area contributed by atoms with Crippen LogP contribution in [0.2, 0.25) is 0 Å². The third-order valence-electron chi connectivity index (χ3n) is 4.77. The predicted octanol–water partition coefficient (Wildman–Crippen LogP) is 4.01. The number of aryl methyl sites for hydroxylation is 1. The first-order valence-electron chi connectivity index (χ1n) is 7.55. The Kier molecular flexibility index (Phi) is 4.04. The van der Waals surface area contributed by atoms with Crippen molar-refractivity contribution in [2.45, 2.75) is 44.6 Å². The molecule has 2 aliphatic rings. The van der Waals surface area contributed by atoms with E-state index < -0.39 is 0 Å². The van der Waals surface area contributed by atoms with Gasteiger partial charge in [-0.25, -0.2) is 4.39 Å². The fourth-order valence-corrected chi connectivity index (χ4v) is 4.16. The summed E-state index contributed by atoms with van der Waals surface area (Å²) in [5.74, 6) is -0.165. The Labute approximate surface area is 128 Å². The highest BCUT2D eigenvalue weighted by atomic mass is 79.9. The van der Waals surface area contributed by atoms with Crippen molar-refractivity contribution < 1.29 is 4.39 Å². The van der Waals surface area contributed by atoms with Crippen LogP contribution in [0.3, 0.4) is 0 Å². The van der Waals surface area contributed by atoms with E-state index in [1.807, 2.05) is 6.07 Å². The lowest BCUT2D eigenvalue weighted by atomic mass is 9.80. The van der Waals surface area contributed by atoms with Crippen molar-refractivity contribution >= 4 is 21.6 Å². The van der Waals surface area contributed by atoms with Crippen LogP contribution in [0, 0.1) is 12.7 Å². The lowest BCUT2D eigenvalue weighted by molar-refractivity contribution is 0.216. The van der Waals surface area contributed by atoms with E-state index in [9.17, 15) is 4.39 Å². The molecule has 2 nitrogen and oxygen atoms in total. The predicted molar refractivity (Wildman–Crippen MR) is 84.9 cm³/mol. The van der Waals surface area contributed by atoms with Gasteiger partial charge in [0.1, 0.15) is 5.82 Å². The molecule has 0 aromatic heterocycles. The minimum Gasteiger partial charge on any atom is -0.368 e. The Morgan fingerprint density at radius 2 is 2.00 bits per heavy atom. The van der Waals surface area contributed by atoms with E-state index in [0.717, 1.165) is 30.9 Å². The maximum absolute atomic E-state index is 13.9. The number of nitrogens with zero attached hydrogens (tertiary/aromatic N) is 1. The summed E-state index contributed by atoms with van der Waals surface area (Å²) in [6.07, 6.45) is 6.49. The van der Waals surface area contributed by atoms with E-state index >= 15 is 0 Å². The van der Waals surface area contributed by atoms with E-state index in [1.165, 1.54) is 32.1 Å². The van der Waals surface area contributed by atoms with Gasteiger partial charge in [-0.1, -0.05) is 19.3 Å². The lowest BCUT2D eigenvalue weighted by Crippen LogP contribution is -2.61. The van der Waals surface area contributed by atoms with Crippen molar-refractivity contribution in [1.82, 2.24) is 5.32 Å². The molecule has 0 atom stereocenters. The summed E-state index contributed by atoms with van der Waals surface area (Å²) in [4.78, 5) is 2.37. The molecule has 1 heterocycles. The maximum Gasteiger partial charge on any atom is 0.139 e. The molecule has 0 bridgehead atoms. The first-order valence-corrected chi connectivity index (χ1v) is 8.35. The summed E-state index contributed by atoms with van der Waals surface area (Å²) in [7, 11) is 0. The first kappa shape index (κ1) is 14.3. The fraction of sp³-hybridized carbons (Fsp3) is 0.625. The van der Waals surface area contributed by atoms with E-state index in [4.69, 9.17) is 0 Å². The molecule has 1 aliphatic heterocycles. The summed E-state index contributed by atoms with van der Waals surface area (Å²) in [6, 6.07) is 3.57. The van der Waals surface area contributed by atoms with Crippen LogP contribution < -0.4 is 10.2 Å². The van der Waals surface area contributed by atoms with Crippen LogP contribution in [0.1, 0.15) is 37.7 Å².